The quantitative estimate of drug-likeness (QED) is 0.942. The Morgan fingerprint density at radius 3 is 2.71 bits per heavy atom. The van der Waals surface area contributed by atoms with Crippen LogP contribution in [0.4, 0.5) is 5.69 Å². The first-order valence-corrected chi connectivity index (χ1v) is 8.33. The minimum Gasteiger partial charge on any atom is -0.370 e. The topological polar surface area (TPSA) is 83.0 Å². The van der Waals surface area contributed by atoms with Gasteiger partial charge in [-0.05, 0) is 44.2 Å². The summed E-state index contributed by atoms with van der Waals surface area (Å²) in [5, 5.41) is 10.6. The van der Waals surface area contributed by atoms with Gasteiger partial charge in [0.1, 0.15) is 6.07 Å². The van der Waals surface area contributed by atoms with Crippen LogP contribution in [0, 0.1) is 31.1 Å². The van der Waals surface area contributed by atoms with E-state index in [0.29, 0.717) is 17.9 Å². The maximum Gasteiger partial charge on any atom is 0.217 e. The Labute approximate surface area is 142 Å². The van der Waals surface area contributed by atoms with Gasteiger partial charge in [0.15, 0.2) is 0 Å². The van der Waals surface area contributed by atoms with Crippen LogP contribution in [0.1, 0.15) is 36.0 Å². The molecule has 1 aliphatic heterocycles. The molecule has 2 aromatic rings. The van der Waals surface area contributed by atoms with Gasteiger partial charge in [0.05, 0.1) is 16.8 Å². The number of nitrogens with two attached hydrogens (primary N) is 1. The SMILES string of the molecule is Cc1cc(C)c2ncc(C#N)c(N3CCC(CC(N)=O)CC3)c2c1. The number of fused-ring (bicyclic) bond motifs is 1. The molecule has 124 valence electrons. The summed E-state index contributed by atoms with van der Waals surface area (Å²) in [6.45, 7) is 5.78. The molecule has 0 bridgehead atoms. The second-order valence-electron chi connectivity index (χ2n) is 6.71. The highest BCUT2D eigenvalue weighted by atomic mass is 16.1. The first-order valence-electron chi connectivity index (χ1n) is 8.33. The number of aromatic nitrogens is 1. The highest BCUT2D eigenvalue weighted by molar-refractivity contribution is 5.96. The monoisotopic (exact) mass is 322 g/mol. The van der Waals surface area contributed by atoms with Gasteiger partial charge < -0.3 is 10.6 Å². The molecule has 24 heavy (non-hydrogen) atoms. The number of amides is 1. The summed E-state index contributed by atoms with van der Waals surface area (Å²) in [4.78, 5) is 17.9. The molecule has 1 aliphatic rings. The van der Waals surface area contributed by atoms with Crippen molar-refractivity contribution in [2.24, 2.45) is 11.7 Å². The zero-order valence-corrected chi connectivity index (χ0v) is 14.2. The minimum absolute atomic E-state index is 0.230. The smallest absolute Gasteiger partial charge is 0.217 e. The lowest BCUT2D eigenvalue weighted by Gasteiger charge is -2.34. The fraction of sp³-hybridized carbons (Fsp3) is 0.421. The van der Waals surface area contributed by atoms with Crippen molar-refractivity contribution in [3.05, 3.63) is 35.0 Å². The number of hydrogen-bond acceptors (Lipinski definition) is 4. The van der Waals surface area contributed by atoms with Crippen molar-refractivity contribution < 1.29 is 4.79 Å². The molecule has 5 nitrogen and oxygen atoms in total. The molecule has 0 spiro atoms. The van der Waals surface area contributed by atoms with E-state index in [4.69, 9.17) is 5.73 Å². The van der Waals surface area contributed by atoms with E-state index in [1.54, 1.807) is 6.20 Å². The summed E-state index contributed by atoms with van der Waals surface area (Å²) in [7, 11) is 0. The Morgan fingerprint density at radius 2 is 2.08 bits per heavy atom. The van der Waals surface area contributed by atoms with Crippen LogP contribution in [-0.4, -0.2) is 24.0 Å². The average molecular weight is 322 g/mol. The highest BCUT2D eigenvalue weighted by Gasteiger charge is 2.24. The maximum atomic E-state index is 11.1. The maximum absolute atomic E-state index is 11.1. The zero-order chi connectivity index (χ0) is 17.3. The lowest BCUT2D eigenvalue weighted by atomic mass is 9.92. The van der Waals surface area contributed by atoms with E-state index in [1.807, 2.05) is 0 Å². The lowest BCUT2D eigenvalue weighted by Crippen LogP contribution is -2.35. The average Bonchev–Trinajstić information content (AvgIpc) is 2.54. The fourth-order valence-corrected chi connectivity index (χ4v) is 3.71. The number of carbonyl (C=O) groups excluding carboxylic acids is 1. The third-order valence-electron chi connectivity index (χ3n) is 4.82. The summed E-state index contributed by atoms with van der Waals surface area (Å²) >= 11 is 0. The number of benzene rings is 1. The van der Waals surface area contributed by atoms with Gasteiger partial charge in [-0.15, -0.1) is 0 Å². The van der Waals surface area contributed by atoms with E-state index in [0.717, 1.165) is 48.1 Å². The third-order valence-corrected chi connectivity index (χ3v) is 4.82. The second kappa shape index (κ2) is 6.48. The van der Waals surface area contributed by atoms with Gasteiger partial charge in [-0.25, -0.2) is 0 Å². The van der Waals surface area contributed by atoms with Crippen LogP contribution in [-0.2, 0) is 4.79 Å². The standard InChI is InChI=1S/C19H22N4O/c1-12-7-13(2)18-16(8-12)19(15(10-20)11-22-18)23-5-3-14(4-6-23)9-17(21)24/h7-8,11,14H,3-6,9H2,1-2H3,(H2,21,24). The molecule has 1 fully saturated rings. The van der Waals surface area contributed by atoms with Crippen LogP contribution >= 0.6 is 0 Å². The normalized spacial score (nSPS) is 15.5. The van der Waals surface area contributed by atoms with Crippen LogP contribution in [0.2, 0.25) is 0 Å². The zero-order valence-electron chi connectivity index (χ0n) is 14.2. The predicted octanol–water partition coefficient (Wildman–Crippen LogP) is 2.82. The van der Waals surface area contributed by atoms with E-state index < -0.39 is 0 Å². The number of carbonyl (C=O) groups is 1. The van der Waals surface area contributed by atoms with Crippen molar-refractivity contribution in [1.82, 2.24) is 4.98 Å². The molecule has 2 heterocycles. The first kappa shape index (κ1) is 16.3. The molecule has 0 aliphatic carbocycles. The van der Waals surface area contributed by atoms with E-state index in [9.17, 15) is 10.1 Å². The number of rotatable bonds is 3. The minimum atomic E-state index is -0.230. The van der Waals surface area contributed by atoms with Crippen LogP contribution in [0.25, 0.3) is 10.9 Å². The van der Waals surface area contributed by atoms with E-state index in [1.165, 1.54) is 5.56 Å². The van der Waals surface area contributed by atoms with Gasteiger partial charge in [0.25, 0.3) is 0 Å². The van der Waals surface area contributed by atoms with Gasteiger partial charge >= 0.3 is 0 Å². The van der Waals surface area contributed by atoms with Crippen molar-refractivity contribution in [1.29, 1.82) is 5.26 Å². The Bertz CT molecular complexity index is 829. The fourth-order valence-electron chi connectivity index (χ4n) is 3.71. The van der Waals surface area contributed by atoms with Gasteiger partial charge in [-0.1, -0.05) is 11.6 Å². The van der Waals surface area contributed by atoms with Gasteiger partial charge in [0, 0.05) is 31.1 Å². The molecule has 1 amide bonds. The highest BCUT2D eigenvalue weighted by Crippen LogP contribution is 2.34. The van der Waals surface area contributed by atoms with Crippen molar-refractivity contribution in [2.45, 2.75) is 33.1 Å². The number of aryl methyl sites for hydroxylation is 2. The van der Waals surface area contributed by atoms with E-state index in [-0.39, 0.29) is 5.91 Å². The summed E-state index contributed by atoms with van der Waals surface area (Å²) in [6, 6.07) is 6.52. The van der Waals surface area contributed by atoms with Crippen molar-refractivity contribution in [3.63, 3.8) is 0 Å². The Morgan fingerprint density at radius 1 is 1.38 bits per heavy atom. The predicted molar refractivity (Wildman–Crippen MR) is 94.7 cm³/mol. The molecule has 5 heteroatoms. The molecule has 0 atom stereocenters. The van der Waals surface area contributed by atoms with Crippen LogP contribution < -0.4 is 10.6 Å². The van der Waals surface area contributed by atoms with Crippen molar-refractivity contribution in [3.8, 4) is 6.07 Å². The molecule has 1 aromatic heterocycles. The molecule has 1 saturated heterocycles. The van der Waals surface area contributed by atoms with E-state index >= 15 is 0 Å². The van der Waals surface area contributed by atoms with E-state index in [2.05, 4.69) is 41.9 Å². The van der Waals surface area contributed by atoms with Gasteiger partial charge in [-0.3, -0.25) is 9.78 Å². The molecule has 0 unspecified atom stereocenters. The van der Waals surface area contributed by atoms with Crippen LogP contribution in [0.5, 0.6) is 0 Å². The summed E-state index contributed by atoms with van der Waals surface area (Å²) in [5.41, 5.74) is 10.2. The number of nitriles is 1. The number of hydrogen-bond donors (Lipinski definition) is 1. The Balaban J connectivity index is 2.00. The number of pyridine rings is 1. The number of piperidine rings is 1. The molecular formula is C19H22N4O. The van der Waals surface area contributed by atoms with Crippen LogP contribution in [0.15, 0.2) is 18.3 Å². The first-order chi connectivity index (χ1) is 11.5. The van der Waals surface area contributed by atoms with Crippen molar-refractivity contribution >= 4 is 22.5 Å². The number of anilines is 1. The van der Waals surface area contributed by atoms with Gasteiger partial charge in [-0.2, -0.15) is 5.26 Å². The summed E-state index contributed by atoms with van der Waals surface area (Å²) in [5.74, 6) is 0.118. The Kier molecular flexibility index (Phi) is 4.39. The third kappa shape index (κ3) is 3.05. The van der Waals surface area contributed by atoms with Gasteiger partial charge in [0.2, 0.25) is 5.91 Å². The van der Waals surface area contributed by atoms with Crippen molar-refractivity contribution in [2.75, 3.05) is 18.0 Å². The molecule has 0 saturated carbocycles. The molecule has 1 aromatic carbocycles. The molecule has 2 N–H and O–H groups in total. The number of primary amides is 1. The Hall–Kier alpha value is -2.61. The lowest BCUT2D eigenvalue weighted by molar-refractivity contribution is -0.119. The van der Waals surface area contributed by atoms with Crippen LogP contribution in [0.3, 0.4) is 0 Å². The summed E-state index contributed by atoms with van der Waals surface area (Å²) in [6.07, 6.45) is 3.97. The largest absolute Gasteiger partial charge is 0.370 e. The molecular weight excluding hydrogens is 300 g/mol. The number of nitrogens with zero attached hydrogens (tertiary/aromatic N) is 3. The molecule has 0 radical (unpaired) electrons. The summed E-state index contributed by atoms with van der Waals surface area (Å²) < 4.78 is 0. The second-order valence-corrected chi connectivity index (χ2v) is 6.71. The molecule has 3 rings (SSSR count).